The first-order valence-electron chi connectivity index (χ1n) is 5.21. The van der Waals surface area contributed by atoms with Gasteiger partial charge in [-0.25, -0.2) is 4.79 Å². The van der Waals surface area contributed by atoms with E-state index < -0.39 is 5.97 Å². The number of benzene rings is 1. The lowest BCUT2D eigenvalue weighted by atomic mass is 10.1. The van der Waals surface area contributed by atoms with Crippen molar-refractivity contribution in [1.29, 1.82) is 0 Å². The summed E-state index contributed by atoms with van der Waals surface area (Å²) in [5, 5.41) is 8.81. The summed E-state index contributed by atoms with van der Waals surface area (Å²) in [7, 11) is 0. The standard InChI is InChI=1S/C12H17NO3/c1-7(2)8(3)16-9-4-5-10(12(14)15)11(13)6-9/h4-8H,13H2,1-3H3,(H,14,15). The average molecular weight is 223 g/mol. The fourth-order valence-electron chi connectivity index (χ4n) is 1.16. The summed E-state index contributed by atoms with van der Waals surface area (Å²) in [6.45, 7) is 6.07. The molecule has 0 aromatic heterocycles. The minimum Gasteiger partial charge on any atom is -0.490 e. The molecule has 0 saturated carbocycles. The molecule has 0 saturated heterocycles. The molecule has 0 aliphatic heterocycles. The van der Waals surface area contributed by atoms with Gasteiger partial charge in [0.1, 0.15) is 5.75 Å². The summed E-state index contributed by atoms with van der Waals surface area (Å²) in [5.74, 6) is -0.0370. The van der Waals surface area contributed by atoms with E-state index in [9.17, 15) is 4.79 Å². The Labute approximate surface area is 95.0 Å². The number of ether oxygens (including phenoxy) is 1. The van der Waals surface area contributed by atoms with Crippen molar-refractivity contribution in [3.8, 4) is 5.75 Å². The van der Waals surface area contributed by atoms with E-state index >= 15 is 0 Å². The van der Waals surface area contributed by atoms with Crippen molar-refractivity contribution in [2.45, 2.75) is 26.9 Å². The van der Waals surface area contributed by atoms with Gasteiger partial charge in [-0.2, -0.15) is 0 Å². The lowest BCUT2D eigenvalue weighted by molar-refractivity contribution is 0.0698. The normalized spacial score (nSPS) is 12.5. The van der Waals surface area contributed by atoms with E-state index in [0.29, 0.717) is 11.7 Å². The third-order valence-corrected chi connectivity index (χ3v) is 2.51. The van der Waals surface area contributed by atoms with Crippen LogP contribution in [0.3, 0.4) is 0 Å². The molecule has 0 fully saturated rings. The third kappa shape index (κ3) is 2.89. The first-order valence-corrected chi connectivity index (χ1v) is 5.21. The quantitative estimate of drug-likeness (QED) is 0.769. The Kier molecular flexibility index (Phi) is 3.77. The van der Waals surface area contributed by atoms with Gasteiger partial charge < -0.3 is 15.6 Å². The minimum absolute atomic E-state index is 0.0649. The van der Waals surface area contributed by atoms with Crippen LogP contribution in [-0.4, -0.2) is 17.2 Å². The predicted molar refractivity (Wildman–Crippen MR) is 62.7 cm³/mol. The van der Waals surface area contributed by atoms with Crippen molar-refractivity contribution in [3.05, 3.63) is 23.8 Å². The van der Waals surface area contributed by atoms with Crippen molar-refractivity contribution >= 4 is 11.7 Å². The molecule has 0 bridgehead atoms. The maximum atomic E-state index is 10.7. The molecule has 1 aromatic rings. The number of aromatic carboxylic acids is 1. The van der Waals surface area contributed by atoms with E-state index in [1.165, 1.54) is 6.07 Å². The van der Waals surface area contributed by atoms with Gasteiger partial charge in [0.05, 0.1) is 11.7 Å². The molecule has 1 unspecified atom stereocenters. The van der Waals surface area contributed by atoms with Gasteiger partial charge in [-0.15, -0.1) is 0 Å². The first-order chi connectivity index (χ1) is 7.41. The molecule has 16 heavy (non-hydrogen) atoms. The van der Waals surface area contributed by atoms with Gasteiger partial charge in [-0.1, -0.05) is 13.8 Å². The Balaban J connectivity index is 2.85. The van der Waals surface area contributed by atoms with Crippen molar-refractivity contribution in [3.63, 3.8) is 0 Å². The van der Waals surface area contributed by atoms with E-state index in [1.54, 1.807) is 12.1 Å². The van der Waals surface area contributed by atoms with Gasteiger partial charge in [0, 0.05) is 11.8 Å². The van der Waals surface area contributed by atoms with E-state index in [4.69, 9.17) is 15.6 Å². The SMILES string of the molecule is CC(C)C(C)Oc1ccc(C(=O)O)c(N)c1. The summed E-state index contributed by atoms with van der Waals surface area (Å²) in [6.07, 6.45) is 0.0649. The fourth-order valence-corrected chi connectivity index (χ4v) is 1.16. The average Bonchev–Trinajstić information content (AvgIpc) is 2.16. The molecule has 0 aliphatic rings. The molecule has 0 amide bonds. The molecular formula is C12H17NO3. The summed E-state index contributed by atoms with van der Waals surface area (Å²) >= 11 is 0. The van der Waals surface area contributed by atoms with Gasteiger partial charge >= 0.3 is 5.97 Å². The van der Waals surface area contributed by atoms with Gasteiger partial charge in [-0.05, 0) is 25.0 Å². The summed E-state index contributed by atoms with van der Waals surface area (Å²) < 4.78 is 5.62. The molecule has 4 nitrogen and oxygen atoms in total. The van der Waals surface area contributed by atoms with Crippen LogP contribution in [0.4, 0.5) is 5.69 Å². The lowest BCUT2D eigenvalue weighted by Gasteiger charge is -2.18. The van der Waals surface area contributed by atoms with Crippen LogP contribution < -0.4 is 10.5 Å². The summed E-state index contributed by atoms with van der Waals surface area (Å²) in [4.78, 5) is 10.7. The van der Waals surface area contributed by atoms with E-state index in [0.717, 1.165) is 0 Å². The summed E-state index contributed by atoms with van der Waals surface area (Å²) in [6, 6.07) is 4.63. The number of hydrogen-bond acceptors (Lipinski definition) is 3. The van der Waals surface area contributed by atoms with Crippen LogP contribution in [0.2, 0.25) is 0 Å². The molecule has 1 aromatic carbocycles. The Morgan fingerprint density at radius 3 is 2.44 bits per heavy atom. The van der Waals surface area contributed by atoms with E-state index in [-0.39, 0.29) is 17.4 Å². The minimum atomic E-state index is -1.03. The second-order valence-electron chi connectivity index (χ2n) is 4.12. The predicted octanol–water partition coefficient (Wildman–Crippen LogP) is 2.39. The smallest absolute Gasteiger partial charge is 0.337 e. The maximum absolute atomic E-state index is 10.7. The van der Waals surface area contributed by atoms with Crippen LogP contribution in [0.5, 0.6) is 5.75 Å². The Hall–Kier alpha value is -1.71. The monoisotopic (exact) mass is 223 g/mol. The van der Waals surface area contributed by atoms with E-state index in [2.05, 4.69) is 13.8 Å². The second-order valence-corrected chi connectivity index (χ2v) is 4.12. The number of carboxylic acids is 1. The Bertz CT molecular complexity index is 388. The highest BCUT2D eigenvalue weighted by Crippen LogP contribution is 2.22. The highest BCUT2D eigenvalue weighted by Gasteiger charge is 2.12. The number of hydrogen-bond donors (Lipinski definition) is 2. The molecular weight excluding hydrogens is 206 g/mol. The Morgan fingerprint density at radius 1 is 1.38 bits per heavy atom. The molecule has 1 atom stereocenters. The Morgan fingerprint density at radius 2 is 2.00 bits per heavy atom. The van der Waals surface area contributed by atoms with Crippen molar-refractivity contribution in [2.24, 2.45) is 5.92 Å². The van der Waals surface area contributed by atoms with Crippen LogP contribution in [0.1, 0.15) is 31.1 Å². The molecule has 3 N–H and O–H groups in total. The fraction of sp³-hybridized carbons (Fsp3) is 0.417. The first kappa shape index (κ1) is 12.4. The highest BCUT2D eigenvalue weighted by atomic mass is 16.5. The van der Waals surface area contributed by atoms with Crippen molar-refractivity contribution < 1.29 is 14.6 Å². The molecule has 0 spiro atoms. The van der Waals surface area contributed by atoms with Gasteiger partial charge in [0.2, 0.25) is 0 Å². The van der Waals surface area contributed by atoms with Crippen LogP contribution in [0, 0.1) is 5.92 Å². The van der Waals surface area contributed by atoms with Gasteiger partial charge in [-0.3, -0.25) is 0 Å². The number of carboxylic acid groups (broad SMARTS) is 1. The summed E-state index contributed by atoms with van der Waals surface area (Å²) in [5.41, 5.74) is 5.94. The zero-order valence-electron chi connectivity index (χ0n) is 9.73. The third-order valence-electron chi connectivity index (χ3n) is 2.51. The number of nitrogens with two attached hydrogens (primary N) is 1. The number of nitrogen functional groups attached to an aromatic ring is 1. The van der Waals surface area contributed by atoms with Crippen LogP contribution in [0.25, 0.3) is 0 Å². The second kappa shape index (κ2) is 4.88. The molecule has 0 heterocycles. The van der Waals surface area contributed by atoms with Gasteiger partial charge in [0.15, 0.2) is 0 Å². The number of anilines is 1. The molecule has 1 rings (SSSR count). The lowest BCUT2D eigenvalue weighted by Crippen LogP contribution is -2.18. The molecule has 4 heteroatoms. The largest absolute Gasteiger partial charge is 0.490 e. The zero-order valence-corrected chi connectivity index (χ0v) is 9.73. The molecule has 88 valence electrons. The number of rotatable bonds is 4. The van der Waals surface area contributed by atoms with Crippen LogP contribution in [-0.2, 0) is 0 Å². The van der Waals surface area contributed by atoms with Gasteiger partial charge in [0.25, 0.3) is 0 Å². The maximum Gasteiger partial charge on any atom is 0.337 e. The van der Waals surface area contributed by atoms with Crippen molar-refractivity contribution in [2.75, 3.05) is 5.73 Å². The van der Waals surface area contributed by atoms with Crippen LogP contribution in [0.15, 0.2) is 18.2 Å². The van der Waals surface area contributed by atoms with E-state index in [1.807, 2.05) is 6.92 Å². The topological polar surface area (TPSA) is 72.5 Å². The number of carbonyl (C=O) groups is 1. The van der Waals surface area contributed by atoms with Crippen LogP contribution >= 0.6 is 0 Å². The highest BCUT2D eigenvalue weighted by molar-refractivity contribution is 5.93. The molecule has 0 aliphatic carbocycles. The zero-order chi connectivity index (χ0) is 12.3. The molecule has 0 radical (unpaired) electrons. The van der Waals surface area contributed by atoms with Crippen molar-refractivity contribution in [1.82, 2.24) is 0 Å².